The molecule has 4 N–H and O–H groups in total. The second-order valence-corrected chi connectivity index (χ2v) is 9.13. The van der Waals surface area contributed by atoms with Crippen LogP contribution in [0.25, 0.3) is 0 Å². The lowest BCUT2D eigenvalue weighted by molar-refractivity contribution is 0.0640. The van der Waals surface area contributed by atoms with Crippen LogP contribution in [0.5, 0.6) is 5.75 Å². The summed E-state index contributed by atoms with van der Waals surface area (Å²) in [6.07, 6.45) is 2.77. The minimum absolute atomic E-state index is 0.0399. The van der Waals surface area contributed by atoms with Crippen LogP contribution in [0, 0.1) is 0 Å². The zero-order valence-electron chi connectivity index (χ0n) is 19.9. The van der Waals surface area contributed by atoms with Crippen LogP contribution >= 0.6 is 0 Å². The van der Waals surface area contributed by atoms with Crippen molar-refractivity contribution >= 4 is 23.6 Å². The van der Waals surface area contributed by atoms with Gasteiger partial charge < -0.3 is 35.4 Å². The summed E-state index contributed by atoms with van der Waals surface area (Å²) in [5.74, 6) is 0.654. The Kier molecular flexibility index (Phi) is 8.18. The number of hydrogen-bond acceptors (Lipinski definition) is 6. The molecular formula is C26H34N4O5. The summed E-state index contributed by atoms with van der Waals surface area (Å²) in [7, 11) is 0. The lowest BCUT2D eigenvalue weighted by Crippen LogP contribution is -2.42. The molecule has 2 heterocycles. The number of anilines is 2. The van der Waals surface area contributed by atoms with E-state index in [1.807, 2.05) is 48.5 Å². The highest BCUT2D eigenvalue weighted by Crippen LogP contribution is 2.34. The van der Waals surface area contributed by atoms with E-state index in [0.29, 0.717) is 56.1 Å². The van der Waals surface area contributed by atoms with E-state index in [1.165, 1.54) is 4.90 Å². The van der Waals surface area contributed by atoms with Crippen LogP contribution in [0.15, 0.2) is 48.5 Å². The molecule has 188 valence electrons. The van der Waals surface area contributed by atoms with Crippen molar-refractivity contribution < 1.29 is 24.2 Å². The number of ether oxygens (including phenoxy) is 2. The Morgan fingerprint density at radius 2 is 1.74 bits per heavy atom. The Morgan fingerprint density at radius 3 is 2.49 bits per heavy atom. The fourth-order valence-corrected chi connectivity index (χ4v) is 4.58. The molecule has 4 rings (SSSR count). The van der Waals surface area contributed by atoms with Gasteiger partial charge in [-0.2, -0.15) is 0 Å². The molecule has 9 heteroatoms. The number of nitrogens with one attached hydrogen (secondary N) is 1. The Labute approximate surface area is 205 Å². The van der Waals surface area contributed by atoms with Crippen LogP contribution in [-0.4, -0.2) is 65.4 Å². The van der Waals surface area contributed by atoms with E-state index in [4.69, 9.17) is 15.2 Å². The number of piperidine rings is 1. The van der Waals surface area contributed by atoms with Gasteiger partial charge >= 0.3 is 12.2 Å². The maximum absolute atomic E-state index is 12.4. The molecule has 2 amide bonds. The van der Waals surface area contributed by atoms with E-state index in [2.05, 4.69) is 5.32 Å². The second-order valence-electron chi connectivity index (χ2n) is 9.13. The number of carbonyl (C=O) groups excluding carboxylic acids is 1. The van der Waals surface area contributed by atoms with Gasteiger partial charge in [0.1, 0.15) is 24.1 Å². The number of carboxylic acid groups (broad SMARTS) is 1. The average molecular weight is 483 g/mol. The minimum atomic E-state index is -0.898. The fourth-order valence-electron chi connectivity index (χ4n) is 4.58. The number of carbonyl (C=O) groups is 2. The predicted octanol–water partition coefficient (Wildman–Crippen LogP) is 4.39. The molecule has 0 aromatic heterocycles. The number of rotatable bonds is 6. The van der Waals surface area contributed by atoms with Gasteiger partial charge in [0.15, 0.2) is 0 Å². The minimum Gasteiger partial charge on any atom is -0.488 e. The third kappa shape index (κ3) is 6.71. The number of hydrogen-bond donors (Lipinski definition) is 3. The molecule has 0 saturated carbocycles. The molecule has 0 spiro atoms. The van der Waals surface area contributed by atoms with E-state index in [1.54, 1.807) is 4.90 Å². The van der Waals surface area contributed by atoms with Crippen LogP contribution in [-0.2, 0) is 11.3 Å². The molecule has 2 aliphatic heterocycles. The van der Waals surface area contributed by atoms with Gasteiger partial charge in [-0.05, 0) is 37.0 Å². The Bertz CT molecular complexity index is 994. The molecule has 2 fully saturated rings. The molecule has 0 radical (unpaired) electrons. The highest BCUT2D eigenvalue weighted by molar-refractivity contribution is 5.74. The molecule has 0 aliphatic carbocycles. The number of nitrogens with two attached hydrogens (primary N) is 1. The van der Waals surface area contributed by atoms with Crippen molar-refractivity contribution in [1.29, 1.82) is 0 Å². The molecule has 2 aromatic rings. The number of nitrogens with zero attached hydrogens (tertiary/aromatic N) is 2. The van der Waals surface area contributed by atoms with Crippen LogP contribution in [0.1, 0.15) is 37.7 Å². The zero-order valence-corrected chi connectivity index (χ0v) is 19.9. The lowest BCUT2D eigenvalue weighted by atomic mass is 10.1. The lowest BCUT2D eigenvalue weighted by Gasteiger charge is -2.32. The number of para-hydroxylation sites is 1. The van der Waals surface area contributed by atoms with Crippen molar-refractivity contribution in [2.24, 2.45) is 0 Å². The van der Waals surface area contributed by atoms with Crippen molar-refractivity contribution in [2.45, 2.75) is 50.9 Å². The molecular weight excluding hydrogens is 448 g/mol. The summed E-state index contributed by atoms with van der Waals surface area (Å²) in [6, 6.07) is 15.1. The summed E-state index contributed by atoms with van der Waals surface area (Å²) < 4.78 is 11.8. The summed E-state index contributed by atoms with van der Waals surface area (Å²) in [5.41, 5.74) is 8.51. The maximum atomic E-state index is 12.4. The molecule has 9 nitrogen and oxygen atoms in total. The van der Waals surface area contributed by atoms with E-state index < -0.39 is 6.09 Å². The first-order valence-electron chi connectivity index (χ1n) is 12.2. The van der Waals surface area contributed by atoms with Crippen LogP contribution in [0.4, 0.5) is 21.0 Å². The van der Waals surface area contributed by atoms with Gasteiger partial charge in [0, 0.05) is 45.1 Å². The monoisotopic (exact) mass is 482 g/mol. The van der Waals surface area contributed by atoms with Crippen LogP contribution in [0.3, 0.4) is 0 Å². The first-order chi connectivity index (χ1) is 17.0. The number of nitrogen functional groups attached to an aromatic ring is 1. The molecule has 2 aromatic carbocycles. The molecule has 35 heavy (non-hydrogen) atoms. The predicted molar refractivity (Wildman–Crippen MR) is 134 cm³/mol. The smallest absolute Gasteiger partial charge is 0.410 e. The molecule has 1 unspecified atom stereocenters. The van der Waals surface area contributed by atoms with Gasteiger partial charge in [0.2, 0.25) is 0 Å². The maximum Gasteiger partial charge on any atom is 0.410 e. The summed E-state index contributed by atoms with van der Waals surface area (Å²) in [4.78, 5) is 27.1. The Hall–Kier alpha value is -3.62. The largest absolute Gasteiger partial charge is 0.488 e. The van der Waals surface area contributed by atoms with Crippen molar-refractivity contribution in [3.63, 3.8) is 0 Å². The topological polar surface area (TPSA) is 117 Å². The SMILES string of the molecule is Nc1cccc(OC2CCN(C(=O)OCc3ccccc3)CC2)c1NC1CCCCN(C(=O)O)C1. The first kappa shape index (κ1) is 24.5. The van der Waals surface area contributed by atoms with Crippen molar-refractivity contribution in [2.75, 3.05) is 37.2 Å². The standard InChI is InChI=1S/C26H34N4O5/c27-22-10-6-11-23(24(22)28-20-9-4-5-14-30(17-20)25(31)32)35-21-12-15-29(16-13-21)26(33)34-18-19-7-2-1-3-8-19/h1-3,6-8,10-11,20-21,28H,4-5,9,12-18,27H2,(H,31,32). The zero-order chi connectivity index (χ0) is 24.6. The van der Waals surface area contributed by atoms with E-state index in [-0.39, 0.29) is 24.8 Å². The van der Waals surface area contributed by atoms with Crippen molar-refractivity contribution in [3.05, 3.63) is 54.1 Å². The number of likely N-dealkylation sites (tertiary alicyclic amines) is 2. The second kappa shape index (κ2) is 11.7. The highest BCUT2D eigenvalue weighted by atomic mass is 16.6. The van der Waals surface area contributed by atoms with E-state index >= 15 is 0 Å². The van der Waals surface area contributed by atoms with Gasteiger partial charge in [-0.15, -0.1) is 0 Å². The third-order valence-electron chi connectivity index (χ3n) is 6.55. The van der Waals surface area contributed by atoms with Crippen LogP contribution in [0.2, 0.25) is 0 Å². The summed E-state index contributed by atoms with van der Waals surface area (Å²) >= 11 is 0. The molecule has 2 aliphatic rings. The van der Waals surface area contributed by atoms with Crippen LogP contribution < -0.4 is 15.8 Å². The van der Waals surface area contributed by atoms with Gasteiger partial charge in [-0.25, -0.2) is 9.59 Å². The molecule has 2 saturated heterocycles. The molecule has 0 bridgehead atoms. The summed E-state index contributed by atoms with van der Waals surface area (Å²) in [5, 5.41) is 12.9. The van der Waals surface area contributed by atoms with Gasteiger partial charge in [-0.1, -0.05) is 36.4 Å². The van der Waals surface area contributed by atoms with Gasteiger partial charge in [0.05, 0.1) is 5.69 Å². The fraction of sp³-hybridized carbons (Fsp3) is 0.462. The van der Waals surface area contributed by atoms with Crippen molar-refractivity contribution in [1.82, 2.24) is 9.80 Å². The molecule has 1 atom stereocenters. The number of benzene rings is 2. The average Bonchev–Trinajstić information content (AvgIpc) is 3.12. The normalized spacial score (nSPS) is 19.0. The quantitative estimate of drug-likeness (QED) is 0.523. The Morgan fingerprint density at radius 1 is 0.971 bits per heavy atom. The van der Waals surface area contributed by atoms with E-state index in [9.17, 15) is 14.7 Å². The number of amides is 2. The van der Waals surface area contributed by atoms with E-state index in [0.717, 1.165) is 24.8 Å². The Balaban J connectivity index is 1.31. The highest BCUT2D eigenvalue weighted by Gasteiger charge is 2.27. The summed E-state index contributed by atoms with van der Waals surface area (Å²) in [6.45, 7) is 2.33. The van der Waals surface area contributed by atoms with Gasteiger partial charge in [0.25, 0.3) is 0 Å². The van der Waals surface area contributed by atoms with Crippen molar-refractivity contribution in [3.8, 4) is 5.75 Å². The van der Waals surface area contributed by atoms with Gasteiger partial charge in [-0.3, -0.25) is 0 Å². The first-order valence-corrected chi connectivity index (χ1v) is 12.2. The third-order valence-corrected chi connectivity index (χ3v) is 6.55.